The summed E-state index contributed by atoms with van der Waals surface area (Å²) >= 11 is 5.73. The summed E-state index contributed by atoms with van der Waals surface area (Å²) in [5.74, 6) is -0.722. The van der Waals surface area contributed by atoms with Crippen LogP contribution >= 0.6 is 11.6 Å². The Hall–Kier alpha value is -2.40. The summed E-state index contributed by atoms with van der Waals surface area (Å²) in [6.07, 6.45) is 1.34. The number of rotatable bonds is 4. The molecule has 0 bridgehead atoms. The lowest BCUT2D eigenvalue weighted by Crippen LogP contribution is -2.17. The number of methoxy groups -OCH3 is 1. The van der Waals surface area contributed by atoms with Crippen molar-refractivity contribution in [3.63, 3.8) is 0 Å². The van der Waals surface area contributed by atoms with Gasteiger partial charge in [0, 0.05) is 10.6 Å². The Balaban J connectivity index is 2.00. The third-order valence-electron chi connectivity index (χ3n) is 2.66. The smallest absolute Gasteiger partial charge is 0.271 e. The Kier molecular flexibility index (Phi) is 4.90. The van der Waals surface area contributed by atoms with Crippen LogP contribution in [0.5, 0.6) is 5.75 Å². The highest BCUT2D eigenvalue weighted by Gasteiger charge is 2.04. The number of carbonyl (C=O) groups is 1. The lowest BCUT2D eigenvalue weighted by Gasteiger charge is -2.02. The van der Waals surface area contributed by atoms with Gasteiger partial charge >= 0.3 is 0 Å². The number of ether oxygens (including phenoxy) is 1. The monoisotopic (exact) mass is 306 g/mol. The molecule has 2 aromatic carbocycles. The van der Waals surface area contributed by atoms with Gasteiger partial charge in [0.05, 0.1) is 13.3 Å². The number of hydrogen-bond donors (Lipinski definition) is 1. The van der Waals surface area contributed by atoms with E-state index in [4.69, 9.17) is 16.3 Å². The summed E-state index contributed by atoms with van der Waals surface area (Å²) in [4.78, 5) is 11.8. The van der Waals surface area contributed by atoms with E-state index >= 15 is 0 Å². The summed E-state index contributed by atoms with van der Waals surface area (Å²) in [5, 5.41) is 4.32. The number of hydrogen-bond acceptors (Lipinski definition) is 3. The van der Waals surface area contributed by atoms with Gasteiger partial charge in [0.25, 0.3) is 5.91 Å². The topological polar surface area (TPSA) is 50.7 Å². The average molecular weight is 307 g/mol. The van der Waals surface area contributed by atoms with Crippen LogP contribution in [0.1, 0.15) is 15.9 Å². The molecule has 0 aliphatic carbocycles. The van der Waals surface area contributed by atoms with Crippen molar-refractivity contribution in [3.05, 3.63) is 64.4 Å². The van der Waals surface area contributed by atoms with Crippen molar-refractivity contribution in [2.45, 2.75) is 0 Å². The van der Waals surface area contributed by atoms with E-state index in [0.717, 1.165) is 0 Å². The van der Waals surface area contributed by atoms with Gasteiger partial charge in [0.2, 0.25) is 0 Å². The zero-order valence-electron chi connectivity index (χ0n) is 11.1. The van der Waals surface area contributed by atoms with E-state index in [-0.39, 0.29) is 11.7 Å². The SMILES string of the molecule is COc1ccc(/C=N\NC(=O)c2ccc(Cl)cc2)cc1F. The largest absolute Gasteiger partial charge is 0.494 e. The van der Waals surface area contributed by atoms with E-state index in [9.17, 15) is 9.18 Å². The van der Waals surface area contributed by atoms with E-state index in [1.54, 1.807) is 30.3 Å². The normalized spacial score (nSPS) is 10.6. The fourth-order valence-corrected chi connectivity index (χ4v) is 1.72. The van der Waals surface area contributed by atoms with Crippen LogP contribution < -0.4 is 10.2 Å². The second-order valence-electron chi connectivity index (χ2n) is 4.10. The van der Waals surface area contributed by atoms with Crippen LogP contribution in [0.15, 0.2) is 47.6 Å². The second kappa shape index (κ2) is 6.85. The van der Waals surface area contributed by atoms with Crippen molar-refractivity contribution in [1.82, 2.24) is 5.43 Å². The lowest BCUT2D eigenvalue weighted by atomic mass is 10.2. The number of nitrogens with one attached hydrogen (secondary N) is 1. The van der Waals surface area contributed by atoms with E-state index < -0.39 is 5.82 Å². The van der Waals surface area contributed by atoms with Crippen LogP contribution in [0, 0.1) is 5.82 Å². The van der Waals surface area contributed by atoms with Crippen molar-refractivity contribution in [2.24, 2.45) is 5.10 Å². The Morgan fingerprint density at radius 3 is 2.62 bits per heavy atom. The number of benzene rings is 2. The van der Waals surface area contributed by atoms with Gasteiger partial charge in [-0.2, -0.15) is 5.10 Å². The molecular weight excluding hydrogens is 295 g/mol. The zero-order valence-corrected chi connectivity index (χ0v) is 11.9. The van der Waals surface area contributed by atoms with Crippen molar-refractivity contribution in [2.75, 3.05) is 7.11 Å². The molecule has 108 valence electrons. The molecule has 0 saturated carbocycles. The molecule has 6 heteroatoms. The fourth-order valence-electron chi connectivity index (χ4n) is 1.59. The third-order valence-corrected chi connectivity index (χ3v) is 2.91. The lowest BCUT2D eigenvalue weighted by molar-refractivity contribution is 0.0955. The quantitative estimate of drug-likeness (QED) is 0.696. The molecule has 1 amide bonds. The Labute approximate surface area is 126 Å². The summed E-state index contributed by atoms with van der Waals surface area (Å²) in [6.45, 7) is 0. The van der Waals surface area contributed by atoms with Crippen molar-refractivity contribution in [3.8, 4) is 5.75 Å². The number of carbonyl (C=O) groups excluding carboxylic acids is 1. The Bertz CT molecular complexity index is 672. The molecule has 0 heterocycles. The first kappa shape index (κ1) is 15.0. The van der Waals surface area contributed by atoms with Gasteiger partial charge < -0.3 is 4.74 Å². The molecule has 2 aromatic rings. The molecule has 0 atom stereocenters. The highest BCUT2D eigenvalue weighted by atomic mass is 35.5. The Morgan fingerprint density at radius 2 is 2.00 bits per heavy atom. The molecule has 0 fully saturated rings. The molecule has 0 aliphatic heterocycles. The van der Waals surface area contributed by atoms with Gasteiger partial charge in [-0.15, -0.1) is 0 Å². The molecule has 0 aliphatic rings. The van der Waals surface area contributed by atoms with Crippen LogP contribution in [-0.2, 0) is 0 Å². The highest BCUT2D eigenvalue weighted by molar-refractivity contribution is 6.30. The first-order chi connectivity index (χ1) is 10.1. The zero-order chi connectivity index (χ0) is 15.2. The highest BCUT2D eigenvalue weighted by Crippen LogP contribution is 2.16. The minimum atomic E-state index is -0.495. The minimum Gasteiger partial charge on any atom is -0.494 e. The maximum absolute atomic E-state index is 13.5. The third kappa shape index (κ3) is 4.03. The number of hydrazone groups is 1. The standard InChI is InChI=1S/C15H12ClFN2O2/c1-21-14-7-2-10(8-13(14)17)9-18-19-15(20)11-3-5-12(16)6-4-11/h2-9H,1H3,(H,19,20)/b18-9-. The van der Waals surface area contributed by atoms with E-state index in [0.29, 0.717) is 16.1 Å². The van der Waals surface area contributed by atoms with Crippen LogP contribution in [0.3, 0.4) is 0 Å². The van der Waals surface area contributed by atoms with E-state index in [2.05, 4.69) is 10.5 Å². The molecular formula is C15H12ClFN2O2. The minimum absolute atomic E-state index is 0.150. The van der Waals surface area contributed by atoms with E-state index in [1.807, 2.05) is 0 Å². The average Bonchev–Trinajstić information content (AvgIpc) is 2.48. The fraction of sp³-hybridized carbons (Fsp3) is 0.0667. The van der Waals surface area contributed by atoms with Crippen molar-refractivity contribution in [1.29, 1.82) is 0 Å². The molecule has 1 N–H and O–H groups in total. The summed E-state index contributed by atoms with van der Waals surface area (Å²) in [5.41, 5.74) is 3.28. The van der Waals surface area contributed by atoms with E-state index in [1.165, 1.54) is 25.5 Å². The van der Waals surface area contributed by atoms with Gasteiger partial charge in [0.1, 0.15) is 0 Å². The first-order valence-electron chi connectivity index (χ1n) is 6.02. The maximum Gasteiger partial charge on any atom is 0.271 e. The molecule has 21 heavy (non-hydrogen) atoms. The van der Waals surface area contributed by atoms with Crippen LogP contribution in [0.25, 0.3) is 0 Å². The van der Waals surface area contributed by atoms with Crippen LogP contribution in [0.4, 0.5) is 4.39 Å². The van der Waals surface area contributed by atoms with Crippen molar-refractivity contribution < 1.29 is 13.9 Å². The van der Waals surface area contributed by atoms with Crippen LogP contribution in [-0.4, -0.2) is 19.2 Å². The van der Waals surface area contributed by atoms with Gasteiger partial charge in [-0.3, -0.25) is 4.79 Å². The van der Waals surface area contributed by atoms with Gasteiger partial charge in [-0.25, -0.2) is 9.82 Å². The van der Waals surface area contributed by atoms with Crippen LogP contribution in [0.2, 0.25) is 5.02 Å². The molecule has 4 nitrogen and oxygen atoms in total. The summed E-state index contributed by atoms with van der Waals surface area (Å²) in [6, 6.07) is 10.8. The maximum atomic E-state index is 13.5. The Morgan fingerprint density at radius 1 is 1.29 bits per heavy atom. The summed E-state index contributed by atoms with van der Waals surface area (Å²) in [7, 11) is 1.39. The van der Waals surface area contributed by atoms with Gasteiger partial charge in [-0.1, -0.05) is 11.6 Å². The molecule has 0 saturated heterocycles. The molecule has 0 radical (unpaired) electrons. The predicted molar refractivity (Wildman–Crippen MR) is 79.5 cm³/mol. The number of nitrogens with zero attached hydrogens (tertiary/aromatic N) is 1. The first-order valence-corrected chi connectivity index (χ1v) is 6.40. The molecule has 0 unspecified atom stereocenters. The molecule has 0 spiro atoms. The van der Waals surface area contributed by atoms with Gasteiger partial charge in [0.15, 0.2) is 11.6 Å². The molecule has 0 aromatic heterocycles. The van der Waals surface area contributed by atoms with Crippen molar-refractivity contribution >= 4 is 23.7 Å². The number of amides is 1. The second-order valence-corrected chi connectivity index (χ2v) is 4.54. The summed E-state index contributed by atoms with van der Waals surface area (Å²) < 4.78 is 18.3. The molecule has 2 rings (SSSR count). The predicted octanol–water partition coefficient (Wildman–Crippen LogP) is 3.25. The number of halogens is 2. The van der Waals surface area contributed by atoms with Gasteiger partial charge in [-0.05, 0) is 48.0 Å².